The fourth-order valence-electron chi connectivity index (χ4n) is 1.97. The third-order valence-corrected chi connectivity index (χ3v) is 3.10. The van der Waals surface area contributed by atoms with Crippen molar-refractivity contribution in [1.82, 2.24) is 15.0 Å². The molecule has 1 aromatic carbocycles. The highest BCUT2D eigenvalue weighted by Crippen LogP contribution is 2.11. The number of hydrazone groups is 1. The summed E-state index contributed by atoms with van der Waals surface area (Å²) in [7, 11) is 0. The normalized spacial score (nSPS) is 11.8. The predicted molar refractivity (Wildman–Crippen MR) is 80.5 cm³/mol. The van der Waals surface area contributed by atoms with E-state index in [1.54, 1.807) is 6.33 Å². The Balaban J connectivity index is 1.95. The van der Waals surface area contributed by atoms with Crippen LogP contribution in [0.4, 0.5) is 0 Å². The van der Waals surface area contributed by atoms with E-state index in [4.69, 9.17) is 0 Å². The second-order valence-corrected chi connectivity index (χ2v) is 4.85. The molecule has 1 heterocycles. The maximum absolute atomic E-state index is 11.9. The Morgan fingerprint density at radius 3 is 3.00 bits per heavy atom. The minimum absolute atomic E-state index is 0.135. The van der Waals surface area contributed by atoms with Gasteiger partial charge in [-0.05, 0) is 31.9 Å². The highest BCUT2D eigenvalue weighted by molar-refractivity contribution is 5.85. The number of nitrogens with one attached hydrogen (secondary N) is 1. The van der Waals surface area contributed by atoms with E-state index in [1.807, 2.05) is 35.8 Å². The van der Waals surface area contributed by atoms with Crippen LogP contribution in [0.1, 0.15) is 33.1 Å². The lowest BCUT2D eigenvalue weighted by Crippen LogP contribution is -2.23. The van der Waals surface area contributed by atoms with E-state index < -0.39 is 0 Å². The van der Waals surface area contributed by atoms with Crippen molar-refractivity contribution in [1.29, 1.82) is 0 Å². The van der Waals surface area contributed by atoms with Gasteiger partial charge in [0, 0.05) is 5.71 Å². The molecule has 0 aliphatic rings. The van der Waals surface area contributed by atoms with Crippen LogP contribution in [0.3, 0.4) is 0 Å². The van der Waals surface area contributed by atoms with Gasteiger partial charge >= 0.3 is 0 Å². The zero-order valence-electron chi connectivity index (χ0n) is 12.0. The second-order valence-electron chi connectivity index (χ2n) is 4.85. The first-order valence-electron chi connectivity index (χ1n) is 6.92. The van der Waals surface area contributed by atoms with Gasteiger partial charge in [0.05, 0.1) is 17.4 Å². The largest absolute Gasteiger partial charge is 0.321 e. The average molecular weight is 272 g/mol. The molecule has 5 heteroatoms. The van der Waals surface area contributed by atoms with E-state index in [9.17, 15) is 4.79 Å². The van der Waals surface area contributed by atoms with Crippen molar-refractivity contribution in [2.45, 2.75) is 39.7 Å². The number of unbranched alkanes of at least 4 members (excludes halogenated alkanes) is 1. The Hall–Kier alpha value is -2.17. The summed E-state index contributed by atoms with van der Waals surface area (Å²) in [6.07, 6.45) is 4.82. The number of fused-ring (bicyclic) bond motifs is 1. The minimum Gasteiger partial charge on any atom is -0.321 e. The highest BCUT2D eigenvalue weighted by Gasteiger charge is 2.06. The van der Waals surface area contributed by atoms with Crippen LogP contribution in [-0.4, -0.2) is 21.2 Å². The van der Waals surface area contributed by atoms with Crippen molar-refractivity contribution < 1.29 is 4.79 Å². The van der Waals surface area contributed by atoms with Crippen LogP contribution in [0.5, 0.6) is 0 Å². The topological polar surface area (TPSA) is 59.3 Å². The highest BCUT2D eigenvalue weighted by atomic mass is 16.2. The third-order valence-electron chi connectivity index (χ3n) is 3.10. The van der Waals surface area contributed by atoms with Crippen LogP contribution >= 0.6 is 0 Å². The van der Waals surface area contributed by atoms with Crippen molar-refractivity contribution in [2.75, 3.05) is 0 Å². The molecule has 1 aromatic heterocycles. The standard InChI is InChI=1S/C15H20N4O/c1-3-4-7-12(2)17-18-15(20)10-19-11-16-13-8-5-6-9-14(13)19/h5-6,8-9,11H,3-4,7,10H2,1-2H3,(H,18,20)/b17-12+. The fraction of sp³-hybridized carbons (Fsp3) is 0.400. The molecule has 2 rings (SSSR count). The number of carbonyl (C=O) groups excluding carboxylic acids is 1. The Kier molecular flexibility index (Phi) is 4.87. The Labute approximate surface area is 118 Å². The molecule has 1 N–H and O–H groups in total. The van der Waals surface area contributed by atoms with Gasteiger partial charge in [-0.1, -0.05) is 25.5 Å². The summed E-state index contributed by atoms with van der Waals surface area (Å²) in [4.78, 5) is 16.1. The van der Waals surface area contributed by atoms with Gasteiger partial charge in [0.15, 0.2) is 0 Å². The molecule has 0 saturated heterocycles. The predicted octanol–water partition coefficient (Wildman–Crippen LogP) is 2.72. The lowest BCUT2D eigenvalue weighted by Gasteiger charge is -2.04. The molecule has 0 saturated carbocycles. The van der Waals surface area contributed by atoms with Gasteiger partial charge in [-0.2, -0.15) is 5.10 Å². The van der Waals surface area contributed by atoms with Gasteiger partial charge < -0.3 is 4.57 Å². The Morgan fingerprint density at radius 2 is 2.20 bits per heavy atom. The SMILES string of the molecule is CCCC/C(C)=N/NC(=O)Cn1cnc2ccccc21. The Morgan fingerprint density at radius 1 is 1.40 bits per heavy atom. The zero-order valence-corrected chi connectivity index (χ0v) is 12.0. The maximum atomic E-state index is 11.9. The number of carbonyl (C=O) groups is 1. The lowest BCUT2D eigenvalue weighted by atomic mass is 10.2. The van der Waals surface area contributed by atoms with E-state index in [0.717, 1.165) is 36.0 Å². The molecule has 0 aliphatic carbocycles. The van der Waals surface area contributed by atoms with Crippen LogP contribution in [0.2, 0.25) is 0 Å². The van der Waals surface area contributed by atoms with Gasteiger partial charge in [0.2, 0.25) is 0 Å². The van der Waals surface area contributed by atoms with Crippen LogP contribution in [0, 0.1) is 0 Å². The number of amides is 1. The molecule has 20 heavy (non-hydrogen) atoms. The minimum atomic E-state index is -0.135. The third kappa shape index (κ3) is 3.66. The molecule has 0 radical (unpaired) electrons. The zero-order chi connectivity index (χ0) is 14.4. The van der Waals surface area contributed by atoms with E-state index in [2.05, 4.69) is 22.4 Å². The molecule has 1 amide bonds. The molecule has 0 spiro atoms. The summed E-state index contributed by atoms with van der Waals surface area (Å²) in [6, 6.07) is 7.74. The molecule has 0 aliphatic heterocycles. The van der Waals surface area contributed by atoms with Gasteiger partial charge in [-0.3, -0.25) is 4.79 Å². The molecular formula is C15H20N4O. The molecule has 0 unspecified atom stereocenters. The van der Waals surface area contributed by atoms with Crippen LogP contribution in [0.15, 0.2) is 35.7 Å². The first-order valence-corrected chi connectivity index (χ1v) is 6.92. The van der Waals surface area contributed by atoms with E-state index in [-0.39, 0.29) is 12.5 Å². The van der Waals surface area contributed by atoms with Crippen molar-refractivity contribution in [3.05, 3.63) is 30.6 Å². The first kappa shape index (κ1) is 14.2. The quantitative estimate of drug-likeness (QED) is 0.649. The smallest absolute Gasteiger partial charge is 0.260 e. The molecule has 0 bridgehead atoms. The summed E-state index contributed by atoms with van der Waals surface area (Å²) in [6.45, 7) is 4.30. The Bertz CT molecular complexity index is 615. The van der Waals surface area contributed by atoms with Gasteiger partial charge in [0.1, 0.15) is 6.54 Å². The summed E-state index contributed by atoms with van der Waals surface area (Å²) in [5, 5.41) is 4.11. The van der Waals surface area contributed by atoms with Gasteiger partial charge in [0.25, 0.3) is 5.91 Å². The van der Waals surface area contributed by atoms with Crippen molar-refractivity contribution in [2.24, 2.45) is 5.10 Å². The first-order chi connectivity index (χ1) is 9.70. The molecule has 0 fully saturated rings. The molecular weight excluding hydrogens is 252 g/mol. The summed E-state index contributed by atoms with van der Waals surface area (Å²) in [5.74, 6) is -0.135. The fourth-order valence-corrected chi connectivity index (χ4v) is 1.97. The van der Waals surface area contributed by atoms with Gasteiger partial charge in [-0.15, -0.1) is 0 Å². The van der Waals surface area contributed by atoms with Crippen molar-refractivity contribution in [3.8, 4) is 0 Å². The van der Waals surface area contributed by atoms with Crippen LogP contribution < -0.4 is 5.43 Å². The number of nitrogens with zero attached hydrogens (tertiary/aromatic N) is 3. The number of hydrogen-bond acceptors (Lipinski definition) is 3. The monoisotopic (exact) mass is 272 g/mol. The average Bonchev–Trinajstić information content (AvgIpc) is 2.86. The number of imidazole rings is 1. The molecule has 5 nitrogen and oxygen atoms in total. The number of aromatic nitrogens is 2. The van der Waals surface area contributed by atoms with E-state index in [0.29, 0.717) is 0 Å². The number of para-hydroxylation sites is 2. The van der Waals surface area contributed by atoms with Crippen molar-refractivity contribution >= 4 is 22.7 Å². The summed E-state index contributed by atoms with van der Waals surface area (Å²) >= 11 is 0. The molecule has 0 atom stereocenters. The maximum Gasteiger partial charge on any atom is 0.260 e. The number of hydrogen-bond donors (Lipinski definition) is 1. The van der Waals surface area contributed by atoms with Crippen LogP contribution in [-0.2, 0) is 11.3 Å². The molecule has 2 aromatic rings. The lowest BCUT2D eigenvalue weighted by molar-refractivity contribution is -0.121. The van der Waals surface area contributed by atoms with E-state index in [1.165, 1.54) is 0 Å². The number of benzene rings is 1. The molecule has 106 valence electrons. The van der Waals surface area contributed by atoms with Crippen molar-refractivity contribution in [3.63, 3.8) is 0 Å². The van der Waals surface area contributed by atoms with Gasteiger partial charge in [-0.25, -0.2) is 10.4 Å². The second kappa shape index (κ2) is 6.84. The van der Waals surface area contributed by atoms with E-state index >= 15 is 0 Å². The van der Waals surface area contributed by atoms with Crippen LogP contribution in [0.25, 0.3) is 11.0 Å². The number of rotatable bonds is 6. The summed E-state index contributed by atoms with van der Waals surface area (Å²) in [5.41, 5.74) is 5.39. The summed E-state index contributed by atoms with van der Waals surface area (Å²) < 4.78 is 1.82.